The van der Waals surface area contributed by atoms with Crippen molar-refractivity contribution in [1.82, 2.24) is 10.6 Å². The van der Waals surface area contributed by atoms with Crippen molar-refractivity contribution in [1.29, 1.82) is 0 Å². The minimum Gasteiger partial charge on any atom is -0.469 e. The van der Waals surface area contributed by atoms with Crippen LogP contribution in [0.1, 0.15) is 44.9 Å². The van der Waals surface area contributed by atoms with Gasteiger partial charge >= 0.3 is 5.97 Å². The van der Waals surface area contributed by atoms with Gasteiger partial charge in [0.25, 0.3) is 0 Å². The number of rotatable bonds is 8. The minimum atomic E-state index is -0.223. The van der Waals surface area contributed by atoms with Gasteiger partial charge in [0, 0.05) is 26.7 Å². The summed E-state index contributed by atoms with van der Waals surface area (Å²) in [6.07, 6.45) is 8.15. The summed E-state index contributed by atoms with van der Waals surface area (Å²) in [4.78, 5) is 15.1. The summed E-state index contributed by atoms with van der Waals surface area (Å²) >= 11 is 0. The number of carbonyl (C=O) groups excluding carboxylic acids is 1. The Balaban J connectivity index is 0.00000441. The van der Waals surface area contributed by atoms with Crippen molar-refractivity contribution in [2.45, 2.75) is 51.0 Å². The second-order valence-electron chi connectivity index (χ2n) is 5.24. The van der Waals surface area contributed by atoms with Crippen molar-refractivity contribution in [2.75, 3.05) is 33.9 Å². The first-order chi connectivity index (χ1) is 10.3. The van der Waals surface area contributed by atoms with Gasteiger partial charge in [-0.25, -0.2) is 0 Å². The summed E-state index contributed by atoms with van der Waals surface area (Å²) in [5, 5.41) is 6.28. The van der Waals surface area contributed by atoms with Crippen LogP contribution in [0.3, 0.4) is 0 Å². The van der Waals surface area contributed by atoms with Gasteiger partial charge in [-0.15, -0.1) is 24.0 Å². The van der Waals surface area contributed by atoms with Gasteiger partial charge in [0.05, 0.1) is 19.6 Å². The molecule has 1 rings (SSSR count). The Kier molecular flexibility index (Phi) is 13.7. The third-order valence-corrected chi connectivity index (χ3v) is 3.59. The summed E-state index contributed by atoms with van der Waals surface area (Å²) in [6, 6.07) is 0. The van der Waals surface area contributed by atoms with Gasteiger partial charge in [-0.1, -0.05) is 19.3 Å². The third-order valence-electron chi connectivity index (χ3n) is 3.59. The van der Waals surface area contributed by atoms with Gasteiger partial charge in [-0.2, -0.15) is 0 Å². The molecular weight excluding hydrogens is 397 g/mol. The quantitative estimate of drug-likeness (QED) is 0.204. The number of halogens is 1. The molecule has 1 aliphatic carbocycles. The molecule has 2 N–H and O–H groups in total. The number of ether oxygens (including phenoxy) is 2. The van der Waals surface area contributed by atoms with E-state index in [4.69, 9.17) is 4.74 Å². The molecule has 0 amide bonds. The largest absolute Gasteiger partial charge is 0.469 e. The molecule has 0 saturated heterocycles. The van der Waals surface area contributed by atoms with Crippen LogP contribution in [0.25, 0.3) is 0 Å². The fourth-order valence-corrected chi connectivity index (χ4v) is 2.37. The van der Waals surface area contributed by atoms with E-state index in [1.807, 2.05) is 0 Å². The number of methoxy groups -OCH3 is 1. The number of nitrogens with one attached hydrogen (secondary N) is 2. The topological polar surface area (TPSA) is 72.0 Å². The maximum Gasteiger partial charge on any atom is 0.307 e. The van der Waals surface area contributed by atoms with Crippen molar-refractivity contribution in [3.63, 3.8) is 0 Å². The molecule has 0 aromatic carbocycles. The monoisotopic (exact) mass is 427 g/mol. The molecule has 0 heterocycles. The number of hydrogen-bond acceptors (Lipinski definition) is 4. The molecule has 0 aromatic heterocycles. The van der Waals surface area contributed by atoms with Crippen LogP contribution in [-0.2, 0) is 14.3 Å². The summed E-state index contributed by atoms with van der Waals surface area (Å²) in [7, 11) is 3.10. The average molecular weight is 427 g/mol. The molecule has 130 valence electrons. The molecule has 0 aliphatic heterocycles. The van der Waals surface area contributed by atoms with E-state index in [0.717, 1.165) is 19.6 Å². The predicted octanol–water partition coefficient (Wildman–Crippen LogP) is 2.07. The van der Waals surface area contributed by atoms with Gasteiger partial charge in [0.15, 0.2) is 5.96 Å². The standard InChI is InChI=1S/C15H29N3O3.HI/c1-16-15(18-11-9-14(19)20-2)17-10-6-12-21-13-7-4-3-5-8-13;/h13H,3-12H2,1-2H3,(H2,16,17,18);1H. The van der Waals surface area contributed by atoms with Crippen LogP contribution < -0.4 is 10.6 Å². The fraction of sp³-hybridized carbons (Fsp3) is 0.867. The average Bonchev–Trinajstić information content (AvgIpc) is 2.53. The minimum absolute atomic E-state index is 0. The first-order valence-corrected chi connectivity index (χ1v) is 7.89. The molecule has 0 bridgehead atoms. The molecule has 6 nitrogen and oxygen atoms in total. The van der Waals surface area contributed by atoms with Gasteiger partial charge < -0.3 is 20.1 Å². The first-order valence-electron chi connectivity index (χ1n) is 7.89. The lowest BCUT2D eigenvalue weighted by atomic mass is 9.98. The molecule has 0 spiro atoms. The lowest BCUT2D eigenvalue weighted by Crippen LogP contribution is -2.39. The van der Waals surface area contributed by atoms with E-state index in [-0.39, 0.29) is 29.9 Å². The van der Waals surface area contributed by atoms with E-state index in [0.29, 0.717) is 25.0 Å². The number of aliphatic imine (C=N–C) groups is 1. The molecule has 1 fully saturated rings. The zero-order valence-corrected chi connectivity index (χ0v) is 16.1. The van der Waals surface area contributed by atoms with Crippen LogP contribution in [-0.4, -0.2) is 51.9 Å². The van der Waals surface area contributed by atoms with Gasteiger partial charge in [-0.05, 0) is 19.3 Å². The highest BCUT2D eigenvalue weighted by atomic mass is 127. The van der Waals surface area contributed by atoms with E-state index in [1.165, 1.54) is 39.2 Å². The Labute approximate surface area is 150 Å². The summed E-state index contributed by atoms with van der Waals surface area (Å²) < 4.78 is 10.4. The van der Waals surface area contributed by atoms with E-state index < -0.39 is 0 Å². The molecule has 1 aliphatic rings. The smallest absolute Gasteiger partial charge is 0.307 e. The summed E-state index contributed by atoms with van der Waals surface area (Å²) in [5.74, 6) is 0.482. The molecular formula is C15H30IN3O3. The van der Waals surface area contributed by atoms with Gasteiger partial charge in [0.1, 0.15) is 0 Å². The zero-order chi connectivity index (χ0) is 15.3. The highest BCUT2D eigenvalue weighted by molar-refractivity contribution is 14.0. The maximum atomic E-state index is 11.0. The zero-order valence-electron chi connectivity index (χ0n) is 13.7. The number of guanidine groups is 1. The Morgan fingerprint density at radius 3 is 2.50 bits per heavy atom. The molecule has 1 saturated carbocycles. The van der Waals surface area contributed by atoms with Crippen LogP contribution in [0.4, 0.5) is 0 Å². The van der Waals surface area contributed by atoms with E-state index in [2.05, 4.69) is 20.4 Å². The van der Waals surface area contributed by atoms with E-state index >= 15 is 0 Å². The summed E-state index contributed by atoms with van der Waals surface area (Å²) in [6.45, 7) is 2.12. The van der Waals surface area contributed by atoms with Crippen molar-refractivity contribution < 1.29 is 14.3 Å². The number of nitrogens with zero attached hydrogens (tertiary/aromatic N) is 1. The second kappa shape index (κ2) is 14.0. The lowest BCUT2D eigenvalue weighted by Gasteiger charge is -2.22. The highest BCUT2D eigenvalue weighted by Crippen LogP contribution is 2.20. The van der Waals surface area contributed by atoms with Crippen molar-refractivity contribution in [2.24, 2.45) is 4.99 Å². The molecule has 0 aromatic rings. The van der Waals surface area contributed by atoms with Crippen molar-refractivity contribution >= 4 is 35.9 Å². The normalized spacial score (nSPS) is 15.8. The van der Waals surface area contributed by atoms with Gasteiger partial charge in [-0.3, -0.25) is 9.79 Å². The van der Waals surface area contributed by atoms with Crippen LogP contribution in [0.2, 0.25) is 0 Å². The van der Waals surface area contributed by atoms with Crippen LogP contribution >= 0.6 is 24.0 Å². The van der Waals surface area contributed by atoms with Crippen molar-refractivity contribution in [3.8, 4) is 0 Å². The van der Waals surface area contributed by atoms with E-state index in [9.17, 15) is 4.79 Å². The predicted molar refractivity (Wildman–Crippen MR) is 98.9 cm³/mol. The molecule has 0 radical (unpaired) electrons. The number of carbonyl (C=O) groups is 1. The number of hydrogen-bond donors (Lipinski definition) is 2. The number of esters is 1. The highest BCUT2D eigenvalue weighted by Gasteiger charge is 2.12. The first kappa shape index (κ1) is 21.4. The Bertz CT molecular complexity index is 321. The van der Waals surface area contributed by atoms with Crippen LogP contribution in [0.5, 0.6) is 0 Å². The Morgan fingerprint density at radius 2 is 1.86 bits per heavy atom. The molecule has 7 heteroatoms. The fourth-order valence-electron chi connectivity index (χ4n) is 2.37. The maximum absolute atomic E-state index is 11.0. The van der Waals surface area contributed by atoms with Crippen LogP contribution in [0, 0.1) is 0 Å². The van der Waals surface area contributed by atoms with Crippen molar-refractivity contribution in [3.05, 3.63) is 0 Å². The third kappa shape index (κ3) is 10.2. The molecule has 0 unspecified atom stereocenters. The lowest BCUT2D eigenvalue weighted by molar-refractivity contribution is -0.140. The SMILES string of the molecule is CN=C(NCCCOC1CCCCC1)NCCC(=O)OC.I. The molecule has 0 atom stereocenters. The van der Waals surface area contributed by atoms with Crippen LogP contribution in [0.15, 0.2) is 4.99 Å². The molecule has 22 heavy (non-hydrogen) atoms. The summed E-state index contributed by atoms with van der Waals surface area (Å²) in [5.41, 5.74) is 0. The second-order valence-corrected chi connectivity index (χ2v) is 5.24. The Hall–Kier alpha value is -0.570. The van der Waals surface area contributed by atoms with Gasteiger partial charge in [0.2, 0.25) is 0 Å². The Morgan fingerprint density at radius 1 is 1.18 bits per heavy atom. The van der Waals surface area contributed by atoms with E-state index in [1.54, 1.807) is 7.05 Å².